The molecule has 2 aromatic carbocycles. The lowest BCUT2D eigenvalue weighted by Gasteiger charge is -2.05. The van der Waals surface area contributed by atoms with Gasteiger partial charge < -0.3 is 30.4 Å². The maximum Gasteiger partial charge on any atom is 0.345 e. The highest BCUT2D eigenvalue weighted by Gasteiger charge is 2.20. The predicted octanol–water partition coefficient (Wildman–Crippen LogP) is 3.94. The van der Waals surface area contributed by atoms with Gasteiger partial charge in [0, 0.05) is 6.54 Å². The van der Waals surface area contributed by atoms with Crippen LogP contribution in [0, 0.1) is 0 Å². The topological polar surface area (TPSA) is 230 Å². The van der Waals surface area contributed by atoms with Gasteiger partial charge in [0.1, 0.15) is 17.1 Å². The average molecular weight is 658 g/mol. The predicted molar refractivity (Wildman–Crippen MR) is 177 cm³/mol. The molecule has 0 bridgehead atoms. The smallest absolute Gasteiger partial charge is 0.345 e. The molecule has 0 radical (unpaired) electrons. The van der Waals surface area contributed by atoms with Crippen LogP contribution in [0.1, 0.15) is 11.1 Å². The quantitative estimate of drug-likeness (QED) is 0.220. The average Bonchev–Trinajstić information content (AvgIpc) is 3.96. The first-order valence-corrected chi connectivity index (χ1v) is 14.8. The number of anilines is 2. The van der Waals surface area contributed by atoms with E-state index in [0.29, 0.717) is 52.7 Å². The molecule has 5 N–H and O–H groups in total. The van der Waals surface area contributed by atoms with Crippen LogP contribution in [0.2, 0.25) is 0 Å². The lowest BCUT2D eigenvalue weighted by Crippen LogP contribution is -2.29. The number of nitrogens with zero attached hydrogens (tertiary/aromatic N) is 10. The van der Waals surface area contributed by atoms with Crippen molar-refractivity contribution < 1.29 is 18.4 Å². The number of furan rings is 2. The van der Waals surface area contributed by atoms with Crippen molar-refractivity contribution in [3.63, 3.8) is 0 Å². The van der Waals surface area contributed by atoms with E-state index >= 15 is 0 Å². The first-order chi connectivity index (χ1) is 24.0. The summed E-state index contributed by atoms with van der Waals surface area (Å²) >= 11 is 0. The molecule has 0 aliphatic rings. The molecule has 17 heteroatoms. The summed E-state index contributed by atoms with van der Waals surface area (Å²) in [6.45, 7) is 0.842. The summed E-state index contributed by atoms with van der Waals surface area (Å²) in [6.07, 6.45) is 3.08. The van der Waals surface area contributed by atoms with E-state index in [2.05, 4.69) is 45.9 Å². The zero-order valence-corrected chi connectivity index (χ0v) is 25.8. The lowest BCUT2D eigenvalue weighted by atomic mass is 10.2. The molecular formula is C32H27N13O4. The van der Waals surface area contributed by atoms with Crippen molar-refractivity contribution in [2.24, 2.45) is 0 Å². The maximum absolute atomic E-state index is 12.4. The molecule has 8 aromatic rings. The number of aromatic nitrogens is 10. The van der Waals surface area contributed by atoms with Crippen molar-refractivity contribution >= 4 is 40.3 Å². The van der Waals surface area contributed by atoms with E-state index in [4.69, 9.17) is 25.0 Å². The second kappa shape index (κ2) is 13.3. The number of hydrogen-bond acceptors (Lipinski definition) is 14. The summed E-state index contributed by atoms with van der Waals surface area (Å²) in [5, 5.41) is 19.0. The SMILES string of the molecule is COc1cccc(Cn2nnc3c(-c4ccco4)nc(N)nc32)c1.Nc1nc(-c2ccco2)c2nnn(C(=O)NCc3ccccc3)c2n1. The van der Waals surface area contributed by atoms with Crippen molar-refractivity contribution in [2.75, 3.05) is 18.6 Å². The number of fused-ring (bicyclic) bond motifs is 2. The number of benzene rings is 2. The van der Waals surface area contributed by atoms with Crippen LogP contribution in [0.4, 0.5) is 16.7 Å². The lowest BCUT2D eigenvalue weighted by molar-refractivity contribution is 0.239. The molecular weight excluding hydrogens is 630 g/mol. The van der Waals surface area contributed by atoms with Gasteiger partial charge in [-0.05, 0) is 47.5 Å². The Hall–Kier alpha value is -7.17. The molecule has 0 saturated heterocycles. The number of nitrogens with two attached hydrogens (primary N) is 2. The molecule has 0 unspecified atom stereocenters. The van der Waals surface area contributed by atoms with Gasteiger partial charge in [-0.25, -0.2) is 19.4 Å². The Bertz CT molecular complexity index is 2350. The van der Waals surface area contributed by atoms with Crippen molar-refractivity contribution in [1.82, 2.24) is 55.2 Å². The summed E-state index contributed by atoms with van der Waals surface area (Å²) in [4.78, 5) is 29.2. The minimum atomic E-state index is -0.463. The summed E-state index contributed by atoms with van der Waals surface area (Å²) in [5.74, 6) is 1.96. The fourth-order valence-corrected chi connectivity index (χ4v) is 4.91. The fourth-order valence-electron chi connectivity index (χ4n) is 4.91. The molecule has 0 atom stereocenters. The molecule has 0 saturated carbocycles. The van der Waals surface area contributed by atoms with E-state index in [0.717, 1.165) is 21.6 Å². The largest absolute Gasteiger partial charge is 0.497 e. The van der Waals surface area contributed by atoms with Crippen LogP contribution in [0.3, 0.4) is 0 Å². The van der Waals surface area contributed by atoms with E-state index < -0.39 is 6.03 Å². The number of methoxy groups -OCH3 is 1. The highest BCUT2D eigenvalue weighted by atomic mass is 16.5. The Morgan fingerprint density at radius 3 is 2.04 bits per heavy atom. The highest BCUT2D eigenvalue weighted by molar-refractivity contribution is 5.92. The monoisotopic (exact) mass is 657 g/mol. The highest BCUT2D eigenvalue weighted by Crippen LogP contribution is 2.27. The molecule has 0 fully saturated rings. The third-order valence-corrected chi connectivity index (χ3v) is 7.15. The van der Waals surface area contributed by atoms with Crippen LogP contribution >= 0.6 is 0 Å². The minimum Gasteiger partial charge on any atom is -0.497 e. The van der Waals surface area contributed by atoms with Crippen molar-refractivity contribution in [1.29, 1.82) is 0 Å². The van der Waals surface area contributed by atoms with Gasteiger partial charge in [-0.3, -0.25) is 0 Å². The number of carbonyl (C=O) groups excluding carboxylic acids is 1. The maximum atomic E-state index is 12.4. The minimum absolute atomic E-state index is 0.00157. The Labute approximate surface area is 276 Å². The van der Waals surface area contributed by atoms with Crippen LogP contribution in [-0.2, 0) is 13.1 Å². The standard InChI is InChI=1S/C16H13N7O2.C16H14N6O2/c17-15-19-12(11-7-4-8-25-11)13-14(20-15)23(22-21-13)16(24)18-9-10-5-2-1-3-6-10;1-23-11-5-2-4-10(8-11)9-22-15-14(20-21-22)13(18-16(17)19-15)12-6-3-7-24-12/h1-8H,9H2,(H,18,24)(H2,17,19,20);2-8H,9H2,1H3,(H2,17,18,19). The van der Waals surface area contributed by atoms with Gasteiger partial charge in [-0.15, -0.1) is 14.9 Å². The first-order valence-electron chi connectivity index (χ1n) is 14.8. The second-order valence-electron chi connectivity index (χ2n) is 10.4. The van der Waals surface area contributed by atoms with E-state index in [9.17, 15) is 4.79 Å². The van der Waals surface area contributed by atoms with Crippen LogP contribution in [-0.4, -0.2) is 63.1 Å². The van der Waals surface area contributed by atoms with E-state index in [1.54, 1.807) is 42.3 Å². The van der Waals surface area contributed by atoms with Crippen LogP contribution in [0.25, 0.3) is 45.2 Å². The Kier molecular flexibility index (Phi) is 8.26. The number of amides is 1. The molecule has 0 aliphatic heterocycles. The summed E-state index contributed by atoms with van der Waals surface area (Å²) in [6, 6.07) is 23.8. The molecule has 17 nitrogen and oxygen atoms in total. The Balaban J connectivity index is 0.000000154. The molecule has 244 valence electrons. The number of nitrogen functional groups attached to an aromatic ring is 2. The molecule has 6 heterocycles. The zero-order chi connectivity index (χ0) is 33.7. The zero-order valence-electron chi connectivity index (χ0n) is 25.8. The summed E-state index contributed by atoms with van der Waals surface area (Å²) in [5.41, 5.74) is 16.1. The Morgan fingerprint density at radius 2 is 1.39 bits per heavy atom. The van der Waals surface area contributed by atoms with Crippen LogP contribution < -0.4 is 21.5 Å². The van der Waals surface area contributed by atoms with Crippen LogP contribution in [0.15, 0.2) is 100 Å². The van der Waals surface area contributed by atoms with Crippen molar-refractivity contribution in [3.05, 3.63) is 103 Å². The molecule has 49 heavy (non-hydrogen) atoms. The van der Waals surface area contributed by atoms with Gasteiger partial charge in [-0.2, -0.15) is 9.97 Å². The fraction of sp³-hybridized carbons (Fsp3) is 0.0938. The molecule has 6 aromatic heterocycles. The Morgan fingerprint density at radius 1 is 0.755 bits per heavy atom. The third-order valence-electron chi connectivity index (χ3n) is 7.15. The van der Waals surface area contributed by atoms with Crippen molar-refractivity contribution in [2.45, 2.75) is 13.1 Å². The molecule has 0 aliphatic carbocycles. The second-order valence-corrected chi connectivity index (χ2v) is 10.4. The first kappa shape index (κ1) is 30.5. The van der Waals surface area contributed by atoms with E-state index in [1.807, 2.05) is 54.6 Å². The summed E-state index contributed by atoms with van der Waals surface area (Å²) < 4.78 is 18.7. The van der Waals surface area contributed by atoms with Gasteiger partial charge in [0.15, 0.2) is 33.8 Å². The van der Waals surface area contributed by atoms with E-state index in [-0.39, 0.29) is 17.5 Å². The van der Waals surface area contributed by atoms with Gasteiger partial charge >= 0.3 is 6.03 Å². The molecule has 1 amide bonds. The number of rotatable bonds is 7. The van der Waals surface area contributed by atoms with Crippen LogP contribution in [0.5, 0.6) is 5.75 Å². The third kappa shape index (κ3) is 6.43. The normalized spacial score (nSPS) is 11.0. The van der Waals surface area contributed by atoms with Gasteiger partial charge in [0.2, 0.25) is 11.9 Å². The van der Waals surface area contributed by atoms with Gasteiger partial charge in [-0.1, -0.05) is 52.9 Å². The molecule has 0 spiro atoms. The number of nitrogens with one attached hydrogen (secondary N) is 1. The number of carbonyl (C=O) groups is 1. The van der Waals surface area contributed by atoms with E-state index in [1.165, 1.54) is 6.26 Å². The number of hydrogen-bond donors (Lipinski definition) is 3. The number of ether oxygens (including phenoxy) is 1. The van der Waals surface area contributed by atoms with Gasteiger partial charge in [0.25, 0.3) is 0 Å². The molecule has 8 rings (SSSR count). The van der Waals surface area contributed by atoms with Gasteiger partial charge in [0.05, 0.1) is 26.2 Å². The van der Waals surface area contributed by atoms with Crippen molar-refractivity contribution in [3.8, 4) is 28.7 Å². The summed E-state index contributed by atoms with van der Waals surface area (Å²) in [7, 11) is 1.63.